The Morgan fingerprint density at radius 2 is 1.96 bits per heavy atom. The molecule has 0 spiro atoms. The SMILES string of the molecule is CCCCOC1CC(N(C)C(=O)Cc2ccc(N)cc2)C1(C)C.Cl. The van der Waals surface area contributed by atoms with Gasteiger partial charge in [-0.1, -0.05) is 39.3 Å². The molecule has 1 aromatic carbocycles. The topological polar surface area (TPSA) is 55.6 Å². The van der Waals surface area contributed by atoms with Gasteiger partial charge in [-0.05, 0) is 30.5 Å². The number of carbonyl (C=O) groups is 1. The lowest BCUT2D eigenvalue weighted by Crippen LogP contribution is -2.62. The van der Waals surface area contributed by atoms with E-state index in [0.717, 1.165) is 37.1 Å². The predicted molar refractivity (Wildman–Crippen MR) is 101 cm³/mol. The molecule has 1 fully saturated rings. The van der Waals surface area contributed by atoms with Crippen LogP contribution in [0.3, 0.4) is 0 Å². The summed E-state index contributed by atoms with van der Waals surface area (Å²) in [5.74, 6) is 0.153. The van der Waals surface area contributed by atoms with Gasteiger partial charge in [-0.15, -0.1) is 12.4 Å². The number of likely N-dealkylation sites (N-methyl/N-ethyl adjacent to an activating group) is 1. The molecule has 2 N–H and O–H groups in total. The fourth-order valence-corrected chi connectivity index (χ4v) is 3.28. The highest BCUT2D eigenvalue weighted by molar-refractivity contribution is 5.85. The summed E-state index contributed by atoms with van der Waals surface area (Å²) in [5.41, 5.74) is 7.43. The maximum absolute atomic E-state index is 12.5. The van der Waals surface area contributed by atoms with Gasteiger partial charge in [0.1, 0.15) is 0 Å². The molecule has 0 aliphatic heterocycles. The molecule has 1 aliphatic rings. The molecule has 0 heterocycles. The summed E-state index contributed by atoms with van der Waals surface area (Å²) in [6.07, 6.45) is 3.86. The van der Waals surface area contributed by atoms with Crippen molar-refractivity contribution in [1.82, 2.24) is 4.90 Å². The van der Waals surface area contributed by atoms with Gasteiger partial charge in [-0.3, -0.25) is 4.79 Å². The number of benzene rings is 1. The maximum atomic E-state index is 12.5. The van der Waals surface area contributed by atoms with E-state index in [4.69, 9.17) is 10.5 Å². The van der Waals surface area contributed by atoms with Crippen LogP contribution in [0, 0.1) is 5.41 Å². The first kappa shape index (κ1) is 20.8. The van der Waals surface area contributed by atoms with Crippen molar-refractivity contribution in [1.29, 1.82) is 0 Å². The summed E-state index contributed by atoms with van der Waals surface area (Å²) in [7, 11) is 1.91. The van der Waals surface area contributed by atoms with E-state index in [9.17, 15) is 4.79 Å². The zero-order chi connectivity index (χ0) is 17.0. The molecule has 5 heteroatoms. The van der Waals surface area contributed by atoms with Crippen molar-refractivity contribution in [2.75, 3.05) is 19.4 Å². The van der Waals surface area contributed by atoms with Gasteiger partial charge in [0.05, 0.1) is 12.5 Å². The number of unbranched alkanes of at least 4 members (excludes halogenated alkanes) is 1. The van der Waals surface area contributed by atoms with Crippen LogP contribution in [0.1, 0.15) is 45.6 Å². The molecule has 0 bridgehead atoms. The smallest absolute Gasteiger partial charge is 0.227 e. The fraction of sp³-hybridized carbons (Fsp3) is 0.632. The molecule has 24 heavy (non-hydrogen) atoms. The van der Waals surface area contributed by atoms with Crippen LogP contribution in [0.15, 0.2) is 24.3 Å². The average molecular weight is 355 g/mol. The standard InChI is InChI=1S/C19H30N2O2.ClH/c1-5-6-11-23-17-13-16(19(17,2)3)21(4)18(22)12-14-7-9-15(20)10-8-14;/h7-10,16-17H,5-6,11-13,20H2,1-4H3;1H. The monoisotopic (exact) mass is 354 g/mol. The largest absolute Gasteiger partial charge is 0.399 e. The number of carbonyl (C=O) groups excluding carboxylic acids is 1. The van der Waals surface area contributed by atoms with Crippen LogP contribution < -0.4 is 5.73 Å². The second kappa shape index (κ2) is 8.72. The highest BCUT2D eigenvalue weighted by Gasteiger charge is 2.51. The van der Waals surface area contributed by atoms with E-state index in [1.807, 2.05) is 36.2 Å². The lowest BCUT2D eigenvalue weighted by atomic mass is 9.63. The highest BCUT2D eigenvalue weighted by atomic mass is 35.5. The quantitative estimate of drug-likeness (QED) is 0.600. The number of rotatable bonds is 7. The Hall–Kier alpha value is -1.26. The summed E-state index contributed by atoms with van der Waals surface area (Å²) >= 11 is 0. The molecule has 2 atom stereocenters. The van der Waals surface area contributed by atoms with Crippen LogP contribution >= 0.6 is 12.4 Å². The molecule has 2 rings (SSSR count). The summed E-state index contributed by atoms with van der Waals surface area (Å²) in [5, 5.41) is 0. The number of halogens is 1. The van der Waals surface area contributed by atoms with Gasteiger partial charge in [-0.25, -0.2) is 0 Å². The second-order valence-corrected chi connectivity index (χ2v) is 7.21. The highest BCUT2D eigenvalue weighted by Crippen LogP contribution is 2.45. The number of nitrogens with two attached hydrogens (primary N) is 1. The summed E-state index contributed by atoms with van der Waals surface area (Å²) in [6, 6.07) is 7.77. The Morgan fingerprint density at radius 3 is 2.50 bits per heavy atom. The molecule has 1 aliphatic carbocycles. The van der Waals surface area contributed by atoms with Crippen molar-refractivity contribution in [3.63, 3.8) is 0 Å². The Balaban J connectivity index is 0.00000288. The summed E-state index contributed by atoms with van der Waals surface area (Å²) in [4.78, 5) is 14.4. The molecule has 1 amide bonds. The van der Waals surface area contributed by atoms with Crippen LogP contribution in [-0.4, -0.2) is 36.6 Å². The van der Waals surface area contributed by atoms with E-state index in [1.54, 1.807) is 0 Å². The van der Waals surface area contributed by atoms with Gasteiger partial charge in [0.2, 0.25) is 5.91 Å². The Morgan fingerprint density at radius 1 is 1.33 bits per heavy atom. The molecular formula is C19H31ClN2O2. The third-order valence-electron chi connectivity index (χ3n) is 5.14. The molecule has 0 aromatic heterocycles. The number of amides is 1. The first-order valence-electron chi connectivity index (χ1n) is 8.58. The first-order chi connectivity index (χ1) is 10.9. The first-order valence-corrected chi connectivity index (χ1v) is 8.58. The zero-order valence-corrected chi connectivity index (χ0v) is 16.1. The van der Waals surface area contributed by atoms with E-state index in [2.05, 4.69) is 20.8 Å². The third kappa shape index (κ3) is 4.64. The lowest BCUT2D eigenvalue weighted by Gasteiger charge is -2.55. The van der Waals surface area contributed by atoms with Crippen molar-refractivity contribution in [3.05, 3.63) is 29.8 Å². The van der Waals surface area contributed by atoms with E-state index < -0.39 is 0 Å². The number of hydrogen-bond donors (Lipinski definition) is 1. The fourth-order valence-electron chi connectivity index (χ4n) is 3.28. The van der Waals surface area contributed by atoms with Crippen molar-refractivity contribution >= 4 is 24.0 Å². The van der Waals surface area contributed by atoms with Gasteiger partial charge in [0, 0.05) is 30.8 Å². The van der Waals surface area contributed by atoms with E-state index in [0.29, 0.717) is 6.42 Å². The molecule has 4 nitrogen and oxygen atoms in total. The van der Waals surface area contributed by atoms with Crippen LogP contribution in [0.4, 0.5) is 5.69 Å². The minimum Gasteiger partial charge on any atom is -0.399 e. The third-order valence-corrected chi connectivity index (χ3v) is 5.14. The molecule has 2 unspecified atom stereocenters. The normalized spacial score (nSPS) is 21.5. The second-order valence-electron chi connectivity index (χ2n) is 7.21. The maximum Gasteiger partial charge on any atom is 0.227 e. The Bertz CT molecular complexity index is 531. The number of nitrogen functional groups attached to an aromatic ring is 1. The van der Waals surface area contributed by atoms with Crippen LogP contribution in [0.25, 0.3) is 0 Å². The van der Waals surface area contributed by atoms with Crippen LogP contribution in [0.5, 0.6) is 0 Å². The van der Waals surface area contributed by atoms with Crippen molar-refractivity contribution in [2.45, 2.75) is 58.6 Å². The molecule has 1 aromatic rings. The van der Waals surface area contributed by atoms with Gasteiger partial charge in [0.15, 0.2) is 0 Å². The molecule has 0 saturated heterocycles. The number of ether oxygens (including phenoxy) is 1. The number of nitrogens with zero attached hydrogens (tertiary/aromatic N) is 1. The van der Waals surface area contributed by atoms with Gasteiger partial charge in [0.25, 0.3) is 0 Å². The van der Waals surface area contributed by atoms with Crippen molar-refractivity contribution < 1.29 is 9.53 Å². The van der Waals surface area contributed by atoms with E-state index in [-0.39, 0.29) is 35.9 Å². The zero-order valence-electron chi connectivity index (χ0n) is 15.2. The minimum atomic E-state index is 0. The molecule has 136 valence electrons. The van der Waals surface area contributed by atoms with Crippen LogP contribution in [-0.2, 0) is 16.0 Å². The summed E-state index contributed by atoms with van der Waals surface area (Å²) in [6.45, 7) is 7.39. The molecule has 0 radical (unpaired) electrons. The van der Waals surface area contributed by atoms with Crippen molar-refractivity contribution in [3.8, 4) is 0 Å². The summed E-state index contributed by atoms with van der Waals surface area (Å²) < 4.78 is 5.97. The molecule has 1 saturated carbocycles. The van der Waals surface area contributed by atoms with E-state index >= 15 is 0 Å². The van der Waals surface area contributed by atoms with Gasteiger partial charge in [-0.2, -0.15) is 0 Å². The van der Waals surface area contributed by atoms with Gasteiger partial charge < -0.3 is 15.4 Å². The minimum absolute atomic E-state index is 0. The average Bonchev–Trinajstić information content (AvgIpc) is 2.51. The van der Waals surface area contributed by atoms with Crippen molar-refractivity contribution in [2.24, 2.45) is 5.41 Å². The molecular weight excluding hydrogens is 324 g/mol. The Kier molecular flexibility index (Phi) is 7.56. The Labute approximate surface area is 152 Å². The van der Waals surface area contributed by atoms with Crippen LogP contribution in [0.2, 0.25) is 0 Å². The van der Waals surface area contributed by atoms with E-state index in [1.165, 1.54) is 0 Å². The predicted octanol–water partition coefficient (Wildman–Crippen LogP) is 3.68. The lowest BCUT2D eigenvalue weighted by molar-refractivity contribution is -0.164. The number of hydrogen-bond acceptors (Lipinski definition) is 3. The number of anilines is 1. The van der Waals surface area contributed by atoms with Gasteiger partial charge >= 0.3 is 0 Å².